The smallest absolute Gasteiger partial charge is 0.238 e. The molecule has 5 rings (SSSR count). The predicted molar refractivity (Wildman–Crippen MR) is 153 cm³/mol. The Hall–Kier alpha value is -2.90. The highest BCUT2D eigenvalue weighted by Crippen LogP contribution is 2.46. The average molecular weight is 549 g/mol. The van der Waals surface area contributed by atoms with Crippen LogP contribution in [0.5, 0.6) is 5.75 Å². The van der Waals surface area contributed by atoms with Crippen LogP contribution >= 0.6 is 11.6 Å². The number of hydrogen-bond donors (Lipinski definition) is 2. The fourth-order valence-electron chi connectivity index (χ4n) is 5.94. The zero-order chi connectivity index (χ0) is 28.0. The molecule has 0 aliphatic carbocycles. The van der Waals surface area contributed by atoms with Crippen molar-refractivity contribution in [2.75, 3.05) is 19.6 Å². The fraction of sp³-hybridized carbons (Fsp3) is 0.406. The van der Waals surface area contributed by atoms with Crippen LogP contribution in [0.4, 0.5) is 0 Å². The minimum Gasteiger partial charge on any atom is -0.618 e. The molecule has 6 nitrogen and oxygen atoms in total. The van der Waals surface area contributed by atoms with Crippen LogP contribution in [0.2, 0.25) is 5.02 Å². The number of likely N-dealkylation sites (tertiary alicyclic amines) is 1. The van der Waals surface area contributed by atoms with Crippen molar-refractivity contribution in [2.45, 2.75) is 58.3 Å². The Morgan fingerprint density at radius 1 is 1.13 bits per heavy atom. The van der Waals surface area contributed by atoms with Gasteiger partial charge in [0.2, 0.25) is 5.69 Å². The van der Waals surface area contributed by atoms with Crippen molar-refractivity contribution < 1.29 is 19.7 Å². The molecule has 3 aromatic rings. The normalized spacial score (nSPS) is 22.1. The van der Waals surface area contributed by atoms with Gasteiger partial charge in [0.25, 0.3) is 0 Å². The van der Waals surface area contributed by atoms with E-state index in [2.05, 4.69) is 24.8 Å². The molecule has 1 fully saturated rings. The lowest BCUT2D eigenvalue weighted by Crippen LogP contribution is -2.55. The van der Waals surface area contributed by atoms with E-state index in [4.69, 9.17) is 16.3 Å². The summed E-state index contributed by atoms with van der Waals surface area (Å²) in [5.41, 5.74) is 2.59. The number of halogens is 1. The molecule has 1 atom stereocenters. The fourth-order valence-corrected chi connectivity index (χ4v) is 6.06. The second kappa shape index (κ2) is 10.3. The van der Waals surface area contributed by atoms with Crippen LogP contribution in [0, 0.1) is 10.6 Å². The Kier molecular flexibility index (Phi) is 7.27. The first-order valence-electron chi connectivity index (χ1n) is 13.5. The van der Waals surface area contributed by atoms with Crippen molar-refractivity contribution in [1.82, 2.24) is 4.90 Å². The van der Waals surface area contributed by atoms with Gasteiger partial charge < -0.3 is 25.1 Å². The molecule has 206 valence electrons. The van der Waals surface area contributed by atoms with Gasteiger partial charge in [-0.25, -0.2) is 0 Å². The van der Waals surface area contributed by atoms with Gasteiger partial charge in [0.15, 0.2) is 12.8 Å². The molecule has 2 N–H and O–H groups in total. The molecule has 0 unspecified atom stereocenters. The second-order valence-corrected chi connectivity index (χ2v) is 12.4. The molecule has 7 heteroatoms. The minimum atomic E-state index is -1.01. The van der Waals surface area contributed by atoms with E-state index < -0.39 is 11.2 Å². The number of rotatable bonds is 5. The SMILES string of the molecule is CC(C)(O)c1ccc2c(c1)/C(=C/CCN1CC[C@](O)(c3ccc(Cl)cc3)C(C)(C)C1)c1ccc[n+]([O-])c1CO2. The van der Waals surface area contributed by atoms with E-state index in [1.54, 1.807) is 19.9 Å². The van der Waals surface area contributed by atoms with E-state index in [0.717, 1.165) is 58.6 Å². The number of ether oxygens (including phenoxy) is 1. The summed E-state index contributed by atoms with van der Waals surface area (Å²) in [5.74, 6) is 0.692. The van der Waals surface area contributed by atoms with Crippen LogP contribution in [0.3, 0.4) is 0 Å². The number of aromatic nitrogens is 1. The van der Waals surface area contributed by atoms with Crippen LogP contribution in [-0.4, -0.2) is 34.7 Å². The van der Waals surface area contributed by atoms with Gasteiger partial charge >= 0.3 is 0 Å². The van der Waals surface area contributed by atoms with Crippen molar-refractivity contribution in [2.24, 2.45) is 5.41 Å². The Morgan fingerprint density at radius 3 is 2.56 bits per heavy atom. The second-order valence-electron chi connectivity index (χ2n) is 11.9. The summed E-state index contributed by atoms with van der Waals surface area (Å²) < 4.78 is 6.93. The number of aliphatic hydroxyl groups is 2. The molecule has 2 aliphatic heterocycles. The Balaban J connectivity index is 1.41. The van der Waals surface area contributed by atoms with Gasteiger partial charge in [-0.1, -0.05) is 49.7 Å². The van der Waals surface area contributed by atoms with Crippen molar-refractivity contribution in [1.29, 1.82) is 0 Å². The van der Waals surface area contributed by atoms with Crippen LogP contribution < -0.4 is 9.47 Å². The van der Waals surface area contributed by atoms with Crippen molar-refractivity contribution in [3.05, 3.63) is 105 Å². The third-order valence-corrected chi connectivity index (χ3v) is 8.59. The molecule has 2 aliphatic rings. The number of fused-ring (bicyclic) bond motifs is 2. The molecule has 0 bridgehead atoms. The molecule has 39 heavy (non-hydrogen) atoms. The maximum atomic E-state index is 12.7. The number of hydrogen-bond acceptors (Lipinski definition) is 5. The molecule has 2 aromatic carbocycles. The summed E-state index contributed by atoms with van der Waals surface area (Å²) in [7, 11) is 0. The van der Waals surface area contributed by atoms with Gasteiger partial charge in [0.1, 0.15) is 5.75 Å². The molecule has 3 heterocycles. The van der Waals surface area contributed by atoms with Crippen molar-refractivity contribution >= 4 is 17.2 Å². The monoisotopic (exact) mass is 548 g/mol. The van der Waals surface area contributed by atoms with E-state index in [0.29, 0.717) is 22.9 Å². The Labute approximate surface area is 235 Å². The van der Waals surface area contributed by atoms with Crippen molar-refractivity contribution in [3.63, 3.8) is 0 Å². The van der Waals surface area contributed by atoms with Gasteiger partial charge in [-0.3, -0.25) is 0 Å². The van der Waals surface area contributed by atoms with Crippen LogP contribution in [0.25, 0.3) is 5.57 Å². The van der Waals surface area contributed by atoms with Crippen LogP contribution in [-0.2, 0) is 17.8 Å². The highest BCUT2D eigenvalue weighted by atomic mass is 35.5. The highest BCUT2D eigenvalue weighted by Gasteiger charge is 2.48. The maximum absolute atomic E-state index is 12.7. The lowest BCUT2D eigenvalue weighted by atomic mass is 9.66. The van der Waals surface area contributed by atoms with Gasteiger partial charge in [-0.05, 0) is 73.7 Å². The Bertz CT molecular complexity index is 1390. The van der Waals surface area contributed by atoms with Crippen LogP contribution in [0.1, 0.15) is 68.5 Å². The van der Waals surface area contributed by atoms with E-state index in [1.807, 2.05) is 48.5 Å². The van der Waals surface area contributed by atoms with Crippen molar-refractivity contribution in [3.8, 4) is 5.75 Å². The molecule has 0 radical (unpaired) electrons. The quantitative estimate of drug-likeness (QED) is 0.323. The first-order valence-corrected chi connectivity index (χ1v) is 13.9. The van der Waals surface area contributed by atoms with Gasteiger partial charge in [0.05, 0.1) is 16.8 Å². The molecule has 0 saturated carbocycles. The summed E-state index contributed by atoms with van der Waals surface area (Å²) in [6, 6.07) is 17.0. The number of benzene rings is 2. The largest absolute Gasteiger partial charge is 0.618 e. The highest BCUT2D eigenvalue weighted by molar-refractivity contribution is 6.30. The topological polar surface area (TPSA) is 79.9 Å². The van der Waals surface area contributed by atoms with E-state index in [-0.39, 0.29) is 12.0 Å². The minimum absolute atomic E-state index is 0.176. The molecule has 1 aromatic heterocycles. The van der Waals surface area contributed by atoms with E-state index >= 15 is 0 Å². The number of pyridine rings is 1. The molecule has 1 saturated heterocycles. The zero-order valence-corrected chi connectivity index (χ0v) is 23.8. The third kappa shape index (κ3) is 5.31. The molecule has 0 amide bonds. The summed E-state index contributed by atoms with van der Waals surface area (Å²) >= 11 is 6.09. The van der Waals surface area contributed by atoms with Crippen LogP contribution in [0.15, 0.2) is 66.9 Å². The standard InChI is InChI=1S/C32H37ClN2O4/c1-30(2)21-34(18-15-32(30,37)22-9-12-24(33)13-10-22)16-5-7-25-26-8-6-17-35(38)28(26)20-39-29-14-11-23(19-27(25)29)31(3,4)36/h6-14,17,19,36-37H,5,15-16,18,20-21H2,1-4H3/b25-7+/t32-/m0/s1. The summed E-state index contributed by atoms with van der Waals surface area (Å²) in [6.07, 6.45) is 5.05. The average Bonchev–Trinajstić information content (AvgIpc) is 3.03. The van der Waals surface area contributed by atoms with Gasteiger partial charge in [-0.15, -0.1) is 0 Å². The summed E-state index contributed by atoms with van der Waals surface area (Å²) in [6.45, 7) is 10.3. The van der Waals surface area contributed by atoms with Gasteiger partial charge in [-0.2, -0.15) is 4.73 Å². The summed E-state index contributed by atoms with van der Waals surface area (Å²) in [4.78, 5) is 2.39. The lowest BCUT2D eigenvalue weighted by Gasteiger charge is -2.50. The van der Waals surface area contributed by atoms with Gasteiger partial charge in [0, 0.05) is 41.7 Å². The Morgan fingerprint density at radius 2 is 1.87 bits per heavy atom. The third-order valence-electron chi connectivity index (χ3n) is 8.34. The van der Waals surface area contributed by atoms with E-state index in [9.17, 15) is 15.4 Å². The number of piperidine rings is 1. The maximum Gasteiger partial charge on any atom is 0.238 e. The van der Waals surface area contributed by atoms with E-state index in [1.165, 1.54) is 6.20 Å². The first-order chi connectivity index (χ1) is 18.4. The molecule has 0 spiro atoms. The lowest BCUT2D eigenvalue weighted by molar-refractivity contribution is -0.616. The number of nitrogens with zero attached hydrogens (tertiary/aromatic N) is 2. The zero-order valence-electron chi connectivity index (χ0n) is 23.1. The first kappa shape index (κ1) is 27.7. The molecular formula is C32H37ClN2O4. The molecular weight excluding hydrogens is 512 g/mol. The summed E-state index contributed by atoms with van der Waals surface area (Å²) in [5, 5.41) is 35.7. The predicted octanol–water partition coefficient (Wildman–Crippen LogP) is 5.53.